The van der Waals surface area contributed by atoms with Gasteiger partial charge in [0.05, 0.1) is 0 Å². The first-order chi connectivity index (χ1) is 8.40. The van der Waals surface area contributed by atoms with Crippen molar-refractivity contribution in [2.24, 2.45) is 0 Å². The van der Waals surface area contributed by atoms with Crippen LogP contribution in [-0.4, -0.2) is 53.4 Å². The van der Waals surface area contributed by atoms with E-state index in [-0.39, 0.29) is 0 Å². The molecule has 1 rings (SSSR count). The second-order valence-corrected chi connectivity index (χ2v) is 6.93. The fourth-order valence-corrected chi connectivity index (χ4v) is 3.69. The molecule has 1 atom stereocenters. The molecule has 1 aliphatic rings. The molecule has 13 heteroatoms. The number of rotatable bonds is 2. The van der Waals surface area contributed by atoms with E-state index in [4.69, 9.17) is 0 Å². The van der Waals surface area contributed by atoms with E-state index in [1.165, 1.54) is 0 Å². The highest BCUT2D eigenvalue weighted by molar-refractivity contribution is 8.03. The van der Waals surface area contributed by atoms with Gasteiger partial charge in [-0.3, -0.25) is 8.37 Å². The zero-order chi connectivity index (χ0) is 14.9. The maximum Gasteiger partial charge on any atom is 0.422 e. The molecular weight excluding hydrogens is 321 g/mol. The van der Waals surface area contributed by atoms with Gasteiger partial charge in [0.25, 0.3) is 20.2 Å². The quantitative estimate of drug-likeness (QED) is 0.474. The highest BCUT2D eigenvalue weighted by atomic mass is 32.3. The minimum absolute atomic E-state index is 1.09. The van der Waals surface area contributed by atoms with Gasteiger partial charge in [-0.2, -0.15) is 30.0 Å². The Morgan fingerprint density at radius 1 is 1.21 bits per heavy atom. The van der Waals surface area contributed by atoms with E-state index in [2.05, 4.69) is 13.1 Å². The second-order valence-electron chi connectivity index (χ2n) is 3.33. The van der Waals surface area contributed by atoms with E-state index in [1.807, 2.05) is 0 Å². The Bertz CT molecular complexity index is 548. The summed E-state index contributed by atoms with van der Waals surface area (Å²) in [6, 6.07) is 0. The third-order valence-electron chi connectivity index (χ3n) is 1.59. The summed E-state index contributed by atoms with van der Waals surface area (Å²) in [5, 5.41) is -1.54. The molecule has 19 heavy (non-hydrogen) atoms. The summed E-state index contributed by atoms with van der Waals surface area (Å²) in [7, 11) is -9.15. The maximum atomic E-state index is 11.8. The molecule has 8 nitrogen and oxygen atoms in total. The number of carbonyl (C=O) groups excluding carboxylic acids is 1. The molecule has 1 heterocycles. The van der Waals surface area contributed by atoms with Gasteiger partial charge in [0.1, 0.15) is 6.61 Å². The molecule has 0 spiro atoms. The first-order valence-corrected chi connectivity index (χ1v) is 7.57. The van der Waals surface area contributed by atoms with E-state index in [1.54, 1.807) is 0 Å². The average Bonchev–Trinajstić information content (AvgIpc) is 2.28. The molecule has 0 N–H and O–H groups in total. The molecule has 0 saturated carbocycles. The van der Waals surface area contributed by atoms with Crippen LogP contribution in [-0.2, 0) is 38.1 Å². The molecule has 1 unspecified atom stereocenters. The van der Waals surface area contributed by atoms with Crippen molar-refractivity contribution in [2.45, 2.75) is 12.3 Å². The number of alkyl halides is 3. The lowest BCUT2D eigenvalue weighted by Crippen LogP contribution is -2.34. The van der Waals surface area contributed by atoms with Crippen molar-refractivity contribution in [2.75, 3.05) is 18.3 Å². The molecule has 0 bridgehead atoms. The van der Waals surface area contributed by atoms with Crippen LogP contribution in [0.5, 0.6) is 0 Å². The molecule has 1 saturated heterocycles. The number of esters is 1. The van der Waals surface area contributed by atoms with Crippen LogP contribution in [0.25, 0.3) is 0 Å². The Morgan fingerprint density at radius 2 is 1.79 bits per heavy atom. The van der Waals surface area contributed by atoms with Gasteiger partial charge in [0.2, 0.25) is 5.08 Å². The minimum Gasteiger partial charge on any atom is -0.454 e. The van der Waals surface area contributed by atoms with Crippen molar-refractivity contribution in [3.63, 3.8) is 0 Å². The Kier molecular flexibility index (Phi) is 4.44. The summed E-state index contributed by atoms with van der Waals surface area (Å²) < 4.78 is 91.3. The van der Waals surface area contributed by atoms with Crippen LogP contribution in [0.3, 0.4) is 0 Å². The fourth-order valence-electron chi connectivity index (χ4n) is 0.962. The summed E-state index contributed by atoms with van der Waals surface area (Å²) in [5.74, 6) is -1.70. The molecule has 112 valence electrons. The first kappa shape index (κ1) is 16.1. The SMILES string of the molecule is O=C(OCC(F)(F)F)C1COS(=O)(=O)CS(=O)(=O)O1. The molecule has 0 aromatic heterocycles. The zero-order valence-corrected chi connectivity index (χ0v) is 10.5. The first-order valence-electron chi connectivity index (χ1n) is 4.42. The highest BCUT2D eigenvalue weighted by Gasteiger charge is 2.39. The van der Waals surface area contributed by atoms with E-state index in [9.17, 15) is 34.8 Å². The standard InChI is InChI=1S/C6H7F3O8S2/c7-6(8,9)2-15-5(10)4-1-16-18(11,12)3-19(13,14)17-4/h4H,1-3H2. The van der Waals surface area contributed by atoms with Crippen molar-refractivity contribution >= 4 is 26.2 Å². The van der Waals surface area contributed by atoms with E-state index < -0.39 is 56.8 Å². The van der Waals surface area contributed by atoms with Crippen molar-refractivity contribution in [3.8, 4) is 0 Å². The van der Waals surface area contributed by atoms with Crippen LogP contribution >= 0.6 is 0 Å². The molecule has 0 aromatic carbocycles. The number of carbonyl (C=O) groups is 1. The summed E-state index contributed by atoms with van der Waals surface area (Å²) >= 11 is 0. The second kappa shape index (κ2) is 5.22. The van der Waals surface area contributed by atoms with Gasteiger partial charge < -0.3 is 4.74 Å². The van der Waals surface area contributed by atoms with Crippen LogP contribution in [0.15, 0.2) is 0 Å². The van der Waals surface area contributed by atoms with Crippen LogP contribution in [0.4, 0.5) is 13.2 Å². The molecule has 0 radical (unpaired) electrons. The topological polar surface area (TPSA) is 113 Å². The number of hydrogen-bond acceptors (Lipinski definition) is 8. The van der Waals surface area contributed by atoms with Crippen molar-refractivity contribution in [1.29, 1.82) is 0 Å². The Hall–Kier alpha value is -0.920. The Labute approximate surface area is 105 Å². The van der Waals surface area contributed by atoms with Gasteiger partial charge in [-0.15, -0.1) is 0 Å². The summed E-state index contributed by atoms with van der Waals surface area (Å²) in [5.41, 5.74) is 0. The third-order valence-corrected chi connectivity index (χ3v) is 4.92. The predicted molar refractivity (Wildman–Crippen MR) is 50.5 cm³/mol. The molecule has 0 aromatic rings. The molecular formula is C6H7F3O8S2. The van der Waals surface area contributed by atoms with Crippen LogP contribution in [0, 0.1) is 0 Å². The van der Waals surface area contributed by atoms with E-state index in [0.29, 0.717) is 0 Å². The predicted octanol–water partition coefficient (Wildman–Crippen LogP) is -0.876. The Morgan fingerprint density at radius 3 is 2.32 bits per heavy atom. The van der Waals surface area contributed by atoms with Gasteiger partial charge in [-0.25, -0.2) is 4.79 Å². The number of ether oxygens (including phenoxy) is 1. The van der Waals surface area contributed by atoms with Gasteiger partial charge in [0, 0.05) is 0 Å². The fraction of sp³-hybridized carbons (Fsp3) is 0.833. The lowest BCUT2D eigenvalue weighted by Gasteiger charge is -2.13. The summed E-state index contributed by atoms with van der Waals surface area (Å²) in [6.07, 6.45) is -6.92. The number of halogens is 3. The molecule has 0 amide bonds. The lowest BCUT2D eigenvalue weighted by molar-refractivity contribution is -0.191. The number of hydrogen-bond donors (Lipinski definition) is 0. The third kappa shape index (κ3) is 5.71. The van der Waals surface area contributed by atoms with Crippen molar-refractivity contribution in [3.05, 3.63) is 0 Å². The summed E-state index contributed by atoms with van der Waals surface area (Å²) in [6.45, 7) is -3.04. The van der Waals surface area contributed by atoms with Gasteiger partial charge in [-0.1, -0.05) is 0 Å². The van der Waals surface area contributed by atoms with Gasteiger partial charge in [0.15, 0.2) is 12.7 Å². The summed E-state index contributed by atoms with van der Waals surface area (Å²) in [4.78, 5) is 11.1. The largest absolute Gasteiger partial charge is 0.454 e. The molecule has 1 aliphatic heterocycles. The van der Waals surface area contributed by atoms with Crippen LogP contribution < -0.4 is 0 Å². The lowest BCUT2D eigenvalue weighted by atomic mass is 10.4. The maximum absolute atomic E-state index is 11.8. The van der Waals surface area contributed by atoms with Crippen molar-refractivity contribution in [1.82, 2.24) is 0 Å². The minimum atomic E-state index is -4.81. The Balaban J connectivity index is 2.76. The van der Waals surface area contributed by atoms with Gasteiger partial charge in [-0.05, 0) is 0 Å². The van der Waals surface area contributed by atoms with Crippen LogP contribution in [0.1, 0.15) is 0 Å². The monoisotopic (exact) mass is 328 g/mol. The van der Waals surface area contributed by atoms with Crippen molar-refractivity contribution < 1.29 is 47.9 Å². The van der Waals surface area contributed by atoms with Crippen LogP contribution in [0.2, 0.25) is 0 Å². The zero-order valence-electron chi connectivity index (χ0n) is 8.92. The van der Waals surface area contributed by atoms with E-state index >= 15 is 0 Å². The molecule has 1 fully saturated rings. The molecule has 0 aliphatic carbocycles. The van der Waals surface area contributed by atoms with E-state index in [0.717, 1.165) is 0 Å². The normalized spacial score (nSPS) is 26.4. The average molecular weight is 328 g/mol. The smallest absolute Gasteiger partial charge is 0.422 e. The van der Waals surface area contributed by atoms with Gasteiger partial charge >= 0.3 is 12.1 Å². The highest BCUT2D eigenvalue weighted by Crippen LogP contribution is 2.17.